The molecule has 0 aliphatic heterocycles. The molecule has 0 aliphatic rings. The third-order valence-electron chi connectivity index (χ3n) is 1.73. The lowest BCUT2D eigenvalue weighted by molar-refractivity contribution is -0.121. The van der Waals surface area contributed by atoms with E-state index in [2.05, 4.69) is 19.2 Å². The molecule has 72 valence electrons. The third-order valence-corrected chi connectivity index (χ3v) is 1.73. The van der Waals surface area contributed by atoms with Crippen LogP contribution in [0, 0.1) is 5.92 Å². The molecule has 1 unspecified atom stereocenters. The zero-order valence-corrected chi connectivity index (χ0v) is 8.26. The fourth-order valence-corrected chi connectivity index (χ4v) is 1.11. The van der Waals surface area contributed by atoms with Crippen molar-refractivity contribution in [1.82, 2.24) is 5.32 Å². The van der Waals surface area contributed by atoms with E-state index in [9.17, 15) is 4.79 Å². The fraction of sp³-hybridized carbons (Fsp3) is 0.889. The Morgan fingerprint density at radius 1 is 1.50 bits per heavy atom. The summed E-state index contributed by atoms with van der Waals surface area (Å²) in [5.74, 6) is 0.668. The van der Waals surface area contributed by atoms with E-state index < -0.39 is 0 Å². The minimum atomic E-state index is 0.0890. The number of nitrogens with one attached hydrogen (secondary N) is 1. The lowest BCUT2D eigenvalue weighted by atomic mass is 10.0. The van der Waals surface area contributed by atoms with Crippen molar-refractivity contribution in [3.8, 4) is 0 Å². The Morgan fingerprint density at radius 3 is 2.42 bits per heavy atom. The van der Waals surface area contributed by atoms with Gasteiger partial charge in [-0.1, -0.05) is 20.8 Å². The monoisotopic (exact) mass is 172 g/mol. The number of amides is 1. The van der Waals surface area contributed by atoms with Crippen LogP contribution in [0.3, 0.4) is 0 Å². The van der Waals surface area contributed by atoms with Gasteiger partial charge in [0.2, 0.25) is 5.91 Å². The van der Waals surface area contributed by atoms with Crippen LogP contribution in [-0.4, -0.2) is 18.5 Å². The van der Waals surface area contributed by atoms with Crippen LogP contribution < -0.4 is 11.1 Å². The lowest BCUT2D eigenvalue weighted by Crippen LogP contribution is -2.40. The van der Waals surface area contributed by atoms with Gasteiger partial charge in [0.15, 0.2) is 0 Å². The van der Waals surface area contributed by atoms with Gasteiger partial charge in [-0.25, -0.2) is 0 Å². The van der Waals surface area contributed by atoms with Gasteiger partial charge in [0.05, 0.1) is 0 Å². The summed E-state index contributed by atoms with van der Waals surface area (Å²) in [6.07, 6.45) is 1.50. The van der Waals surface area contributed by atoms with Crippen LogP contribution in [0.25, 0.3) is 0 Å². The summed E-state index contributed by atoms with van der Waals surface area (Å²) in [5.41, 5.74) is 5.51. The average Bonchev–Trinajstić information content (AvgIpc) is 2.02. The Hall–Kier alpha value is -0.570. The van der Waals surface area contributed by atoms with E-state index in [4.69, 9.17) is 5.73 Å². The lowest BCUT2D eigenvalue weighted by Gasteiger charge is -2.18. The molecule has 0 aromatic heterocycles. The molecule has 0 rings (SSSR count). The molecule has 0 saturated carbocycles. The zero-order valence-electron chi connectivity index (χ0n) is 8.26. The van der Waals surface area contributed by atoms with Gasteiger partial charge >= 0.3 is 0 Å². The first kappa shape index (κ1) is 11.4. The highest BCUT2D eigenvalue weighted by Gasteiger charge is 2.10. The smallest absolute Gasteiger partial charge is 0.219 e. The van der Waals surface area contributed by atoms with Crippen molar-refractivity contribution >= 4 is 5.91 Å². The molecule has 3 N–H and O–H groups in total. The van der Waals surface area contributed by atoms with Crippen LogP contribution in [-0.2, 0) is 4.79 Å². The Labute approximate surface area is 74.7 Å². The van der Waals surface area contributed by atoms with E-state index in [0.29, 0.717) is 18.9 Å². The van der Waals surface area contributed by atoms with Crippen LogP contribution in [0.4, 0.5) is 0 Å². The van der Waals surface area contributed by atoms with Crippen LogP contribution in [0.2, 0.25) is 0 Å². The number of rotatable bonds is 5. The Morgan fingerprint density at radius 2 is 2.08 bits per heavy atom. The second-order valence-electron chi connectivity index (χ2n) is 3.48. The number of carbonyl (C=O) groups is 1. The molecule has 0 aromatic rings. The molecule has 0 aromatic carbocycles. The highest BCUT2D eigenvalue weighted by Crippen LogP contribution is 2.03. The van der Waals surface area contributed by atoms with Crippen molar-refractivity contribution in [3.63, 3.8) is 0 Å². The summed E-state index contributed by atoms with van der Waals surface area (Å²) in [4.78, 5) is 11.0. The number of nitrogens with two attached hydrogens (primary N) is 1. The average molecular weight is 172 g/mol. The molecule has 1 atom stereocenters. The normalized spacial score (nSPS) is 13.1. The number of carbonyl (C=O) groups excluding carboxylic acids is 1. The minimum absolute atomic E-state index is 0.0890. The molecule has 3 nitrogen and oxygen atoms in total. The summed E-state index contributed by atoms with van der Waals surface area (Å²) >= 11 is 0. The first-order valence-corrected chi connectivity index (χ1v) is 4.59. The fourth-order valence-electron chi connectivity index (χ4n) is 1.11. The van der Waals surface area contributed by atoms with Gasteiger partial charge in [0, 0.05) is 19.0 Å². The first-order chi connectivity index (χ1) is 5.60. The molecule has 3 heteroatoms. The van der Waals surface area contributed by atoms with Crippen LogP contribution in [0.1, 0.15) is 33.6 Å². The summed E-state index contributed by atoms with van der Waals surface area (Å²) in [5, 5.41) is 2.88. The van der Waals surface area contributed by atoms with Crippen molar-refractivity contribution in [2.24, 2.45) is 11.7 Å². The summed E-state index contributed by atoms with van der Waals surface area (Å²) < 4.78 is 0. The molecule has 0 heterocycles. The maximum atomic E-state index is 11.0. The molecule has 12 heavy (non-hydrogen) atoms. The molecule has 0 radical (unpaired) electrons. The predicted molar refractivity (Wildman–Crippen MR) is 50.7 cm³/mol. The Balaban J connectivity index is 3.74. The van der Waals surface area contributed by atoms with Crippen molar-refractivity contribution in [1.29, 1.82) is 0 Å². The van der Waals surface area contributed by atoms with Gasteiger partial charge in [0.1, 0.15) is 0 Å². The van der Waals surface area contributed by atoms with E-state index >= 15 is 0 Å². The Bertz CT molecular complexity index is 134. The quantitative estimate of drug-likeness (QED) is 0.647. The van der Waals surface area contributed by atoms with Gasteiger partial charge in [-0.2, -0.15) is 0 Å². The van der Waals surface area contributed by atoms with Crippen molar-refractivity contribution in [3.05, 3.63) is 0 Å². The van der Waals surface area contributed by atoms with E-state index in [1.165, 1.54) is 0 Å². The molecular weight excluding hydrogens is 152 g/mol. The first-order valence-electron chi connectivity index (χ1n) is 4.59. The van der Waals surface area contributed by atoms with E-state index in [1.807, 2.05) is 6.92 Å². The van der Waals surface area contributed by atoms with Crippen molar-refractivity contribution in [2.75, 3.05) is 6.54 Å². The molecule has 0 aliphatic carbocycles. The van der Waals surface area contributed by atoms with Crippen LogP contribution in [0.5, 0.6) is 0 Å². The SMILES string of the molecule is CCC(=O)NC(CN)CC(C)C. The second kappa shape index (κ2) is 6.00. The minimum Gasteiger partial charge on any atom is -0.352 e. The topological polar surface area (TPSA) is 55.1 Å². The maximum Gasteiger partial charge on any atom is 0.219 e. The van der Waals surface area contributed by atoms with E-state index in [1.54, 1.807) is 0 Å². The molecule has 0 spiro atoms. The van der Waals surface area contributed by atoms with Gasteiger partial charge < -0.3 is 11.1 Å². The van der Waals surface area contributed by atoms with Gasteiger partial charge in [0.25, 0.3) is 0 Å². The summed E-state index contributed by atoms with van der Waals surface area (Å²) in [6.45, 7) is 6.63. The van der Waals surface area contributed by atoms with Gasteiger partial charge in [-0.15, -0.1) is 0 Å². The maximum absolute atomic E-state index is 11.0. The highest BCUT2D eigenvalue weighted by molar-refractivity contribution is 5.75. The predicted octanol–water partition coefficient (Wildman–Crippen LogP) is 0.886. The highest BCUT2D eigenvalue weighted by atomic mass is 16.1. The van der Waals surface area contributed by atoms with Crippen LogP contribution in [0.15, 0.2) is 0 Å². The molecule has 0 fully saturated rings. The number of hydrogen-bond acceptors (Lipinski definition) is 2. The molecule has 1 amide bonds. The second-order valence-corrected chi connectivity index (χ2v) is 3.48. The third kappa shape index (κ3) is 5.13. The standard InChI is InChI=1S/C9H20N2O/c1-4-9(12)11-8(6-10)5-7(2)3/h7-8H,4-6,10H2,1-3H3,(H,11,12). The number of hydrogen-bond donors (Lipinski definition) is 2. The Kier molecular flexibility index (Phi) is 5.72. The van der Waals surface area contributed by atoms with Crippen molar-refractivity contribution < 1.29 is 4.79 Å². The van der Waals surface area contributed by atoms with Gasteiger partial charge in [-0.05, 0) is 12.3 Å². The summed E-state index contributed by atoms with van der Waals surface area (Å²) in [6, 6.07) is 0.150. The molecule has 0 bridgehead atoms. The van der Waals surface area contributed by atoms with E-state index in [-0.39, 0.29) is 11.9 Å². The van der Waals surface area contributed by atoms with Crippen LogP contribution >= 0.6 is 0 Å². The molecule has 0 saturated heterocycles. The zero-order chi connectivity index (χ0) is 9.56. The van der Waals surface area contributed by atoms with Crippen molar-refractivity contribution in [2.45, 2.75) is 39.7 Å². The van der Waals surface area contributed by atoms with Gasteiger partial charge in [-0.3, -0.25) is 4.79 Å². The van der Waals surface area contributed by atoms with E-state index in [0.717, 1.165) is 6.42 Å². The summed E-state index contributed by atoms with van der Waals surface area (Å²) in [7, 11) is 0. The molecular formula is C9H20N2O. The largest absolute Gasteiger partial charge is 0.352 e.